The molecule has 50 heavy (non-hydrogen) atoms. The summed E-state index contributed by atoms with van der Waals surface area (Å²) in [5.41, 5.74) is 5.70. The zero-order chi connectivity index (χ0) is 35.0. The number of hydrogen-bond donors (Lipinski definition) is 4. The topological polar surface area (TPSA) is 130 Å². The minimum Gasteiger partial charge on any atom is -0.481 e. The maximum Gasteiger partial charge on any atom is 0.262 e. The summed E-state index contributed by atoms with van der Waals surface area (Å²) in [6.45, 7) is 3.38. The van der Waals surface area contributed by atoms with Crippen LogP contribution in [0.2, 0.25) is 10.0 Å². The van der Waals surface area contributed by atoms with E-state index in [0.29, 0.717) is 71.7 Å². The number of nitrogens with one attached hydrogen (secondary N) is 3. The highest BCUT2D eigenvalue weighted by molar-refractivity contribution is 6.39. The number of hydrogen-bond acceptors (Lipinski definition) is 8. The van der Waals surface area contributed by atoms with E-state index in [0.717, 1.165) is 39.8 Å². The lowest BCUT2D eigenvalue weighted by atomic mass is 9.77. The Kier molecular flexibility index (Phi) is 9.65. The second kappa shape index (κ2) is 14.1. The van der Waals surface area contributed by atoms with Crippen LogP contribution in [0.5, 0.6) is 5.88 Å². The molecule has 4 heterocycles. The summed E-state index contributed by atoms with van der Waals surface area (Å²) < 4.78 is 7.17. The molecule has 258 valence electrons. The number of carbonyl (C=O) groups excluding carboxylic acids is 1. The quantitative estimate of drug-likeness (QED) is 0.136. The Morgan fingerprint density at radius 2 is 1.70 bits per heavy atom. The standard InChI is InChI=1S/C38H38Cl2N6O4/c1-38(49)16-26(17-38)42-19-23-9-11-31(45-36(23)50-2)30-8-4-7-29(35(30)40)28-6-3-5-27(34(28)39)22-13-14-46-32(15-22)43-20-24(37(46)48)18-41-21-25-10-12-33(47)44-25/h3-9,11,13-15,20,25-26,41-42,49H,10,12,16-19,21H2,1-2H3,(H,44,47)/t25-,26-,38-/m0/s1. The van der Waals surface area contributed by atoms with Crippen LogP contribution in [-0.4, -0.2) is 56.7 Å². The fourth-order valence-corrected chi connectivity index (χ4v) is 7.51. The number of pyridine rings is 2. The second-order valence-corrected chi connectivity index (χ2v) is 14.1. The molecule has 2 aliphatic rings. The van der Waals surface area contributed by atoms with Gasteiger partial charge in [0.25, 0.3) is 5.56 Å². The Bertz CT molecular complexity index is 2140. The normalized spacial score (nSPS) is 20.1. The van der Waals surface area contributed by atoms with Crippen molar-refractivity contribution in [1.82, 2.24) is 30.3 Å². The number of aromatic nitrogens is 3. The number of methoxy groups -OCH3 is 1. The number of aliphatic hydroxyl groups is 1. The summed E-state index contributed by atoms with van der Waals surface area (Å²) in [6.07, 6.45) is 6.07. The number of halogens is 2. The number of benzene rings is 2. The maximum atomic E-state index is 13.3. The summed E-state index contributed by atoms with van der Waals surface area (Å²) in [5, 5.41) is 20.7. The van der Waals surface area contributed by atoms with Gasteiger partial charge in [-0.2, -0.15) is 0 Å². The first-order valence-electron chi connectivity index (χ1n) is 16.7. The predicted octanol–water partition coefficient (Wildman–Crippen LogP) is 5.78. The molecule has 1 atom stereocenters. The lowest BCUT2D eigenvalue weighted by molar-refractivity contribution is -0.119. The van der Waals surface area contributed by atoms with Crippen LogP contribution in [0.4, 0.5) is 0 Å². The highest BCUT2D eigenvalue weighted by Gasteiger charge is 2.38. The zero-order valence-corrected chi connectivity index (χ0v) is 29.3. The Labute approximate surface area is 299 Å². The van der Waals surface area contributed by atoms with Crippen LogP contribution in [0.15, 0.2) is 77.9 Å². The van der Waals surface area contributed by atoms with E-state index in [9.17, 15) is 14.7 Å². The van der Waals surface area contributed by atoms with Gasteiger partial charge in [-0.05, 0) is 49.9 Å². The van der Waals surface area contributed by atoms with Crippen LogP contribution >= 0.6 is 23.2 Å². The van der Waals surface area contributed by atoms with Gasteiger partial charge in [0, 0.05) is 83.9 Å². The SMILES string of the molecule is COc1nc(-c2cccc(-c3cccc(-c4ccn5c(=O)c(CNC[C@@H]6CCC(=O)N6)cnc5c4)c3Cl)c2Cl)ccc1CN[C@H]1C[C@](C)(O)C1. The van der Waals surface area contributed by atoms with Crippen LogP contribution in [0, 0.1) is 0 Å². The molecular formula is C38H38Cl2N6O4. The van der Waals surface area contributed by atoms with Gasteiger partial charge in [0.2, 0.25) is 11.8 Å². The largest absolute Gasteiger partial charge is 0.481 e. The van der Waals surface area contributed by atoms with Crippen molar-refractivity contribution in [2.45, 2.75) is 63.4 Å². The van der Waals surface area contributed by atoms with E-state index in [1.165, 1.54) is 4.40 Å². The highest BCUT2D eigenvalue weighted by Crippen LogP contribution is 2.42. The molecule has 1 amide bonds. The van der Waals surface area contributed by atoms with Crippen molar-refractivity contribution >= 4 is 34.8 Å². The molecule has 2 aromatic carbocycles. The molecule has 10 nitrogen and oxygen atoms in total. The molecule has 1 saturated carbocycles. The van der Waals surface area contributed by atoms with Gasteiger partial charge in [-0.1, -0.05) is 65.7 Å². The Morgan fingerprint density at radius 1 is 0.980 bits per heavy atom. The van der Waals surface area contributed by atoms with Gasteiger partial charge in [0.15, 0.2) is 0 Å². The Morgan fingerprint density at radius 3 is 2.40 bits per heavy atom. The van der Waals surface area contributed by atoms with Gasteiger partial charge >= 0.3 is 0 Å². The summed E-state index contributed by atoms with van der Waals surface area (Å²) in [7, 11) is 1.60. The van der Waals surface area contributed by atoms with E-state index in [1.54, 1.807) is 19.5 Å². The summed E-state index contributed by atoms with van der Waals surface area (Å²) in [5.74, 6) is 0.571. The fourth-order valence-electron chi connectivity index (χ4n) is 6.85. The van der Waals surface area contributed by atoms with Crippen LogP contribution in [0.3, 0.4) is 0 Å². The van der Waals surface area contributed by atoms with Gasteiger partial charge < -0.3 is 25.8 Å². The lowest BCUT2D eigenvalue weighted by Crippen LogP contribution is -2.51. The Balaban J connectivity index is 1.12. The first kappa shape index (κ1) is 34.1. The molecule has 2 fully saturated rings. The monoisotopic (exact) mass is 712 g/mol. The molecule has 7 rings (SSSR count). The number of nitrogens with zero attached hydrogens (tertiary/aromatic N) is 3. The van der Waals surface area contributed by atoms with Crippen LogP contribution in [0.25, 0.3) is 39.2 Å². The maximum absolute atomic E-state index is 13.3. The Hall–Kier alpha value is -4.32. The van der Waals surface area contributed by atoms with E-state index in [1.807, 2.05) is 67.6 Å². The molecule has 0 unspecified atom stereocenters. The molecule has 1 saturated heterocycles. The third kappa shape index (κ3) is 6.99. The molecule has 0 radical (unpaired) electrons. The fraction of sp³-hybridized carbons (Fsp3) is 0.316. The van der Waals surface area contributed by atoms with Gasteiger partial charge in [-0.3, -0.25) is 14.0 Å². The number of ether oxygens (including phenoxy) is 1. The summed E-state index contributed by atoms with van der Waals surface area (Å²) in [4.78, 5) is 34.1. The molecule has 5 aromatic rings. The van der Waals surface area contributed by atoms with E-state index < -0.39 is 5.60 Å². The van der Waals surface area contributed by atoms with Crippen LogP contribution in [0.1, 0.15) is 43.7 Å². The molecular weight excluding hydrogens is 675 g/mol. The van der Waals surface area contributed by atoms with Gasteiger partial charge in [-0.25, -0.2) is 9.97 Å². The first-order chi connectivity index (χ1) is 24.1. The molecule has 4 N–H and O–H groups in total. The van der Waals surface area contributed by atoms with Crippen molar-refractivity contribution < 1.29 is 14.6 Å². The minimum atomic E-state index is -0.595. The highest BCUT2D eigenvalue weighted by atomic mass is 35.5. The van der Waals surface area contributed by atoms with E-state index in [-0.39, 0.29) is 23.6 Å². The average Bonchev–Trinajstić information content (AvgIpc) is 3.52. The third-order valence-corrected chi connectivity index (χ3v) is 10.3. The molecule has 3 aromatic heterocycles. The second-order valence-electron chi connectivity index (χ2n) is 13.3. The first-order valence-corrected chi connectivity index (χ1v) is 17.4. The summed E-state index contributed by atoms with van der Waals surface area (Å²) in [6, 6.07) is 19.5. The number of rotatable bonds is 11. The van der Waals surface area contributed by atoms with Crippen molar-refractivity contribution in [2.24, 2.45) is 0 Å². The predicted molar refractivity (Wildman–Crippen MR) is 195 cm³/mol. The van der Waals surface area contributed by atoms with Crippen molar-refractivity contribution in [3.63, 3.8) is 0 Å². The van der Waals surface area contributed by atoms with E-state index in [4.69, 9.17) is 32.9 Å². The van der Waals surface area contributed by atoms with Crippen molar-refractivity contribution in [3.8, 4) is 39.4 Å². The molecule has 12 heteroatoms. The zero-order valence-electron chi connectivity index (χ0n) is 27.8. The van der Waals surface area contributed by atoms with Gasteiger partial charge in [0.05, 0.1) is 28.5 Å². The third-order valence-electron chi connectivity index (χ3n) is 9.53. The average molecular weight is 714 g/mol. The van der Waals surface area contributed by atoms with E-state index >= 15 is 0 Å². The summed E-state index contributed by atoms with van der Waals surface area (Å²) >= 11 is 14.2. The van der Waals surface area contributed by atoms with Crippen molar-refractivity contribution in [3.05, 3.63) is 105 Å². The molecule has 1 aliphatic carbocycles. The lowest BCUT2D eigenvalue weighted by Gasteiger charge is -2.41. The molecule has 1 aliphatic heterocycles. The van der Waals surface area contributed by atoms with Crippen LogP contribution < -0.4 is 26.2 Å². The number of carbonyl (C=O) groups is 1. The number of amides is 1. The van der Waals surface area contributed by atoms with Gasteiger partial charge in [0.1, 0.15) is 5.65 Å². The minimum absolute atomic E-state index is 0.0626. The molecule has 0 spiro atoms. The smallest absolute Gasteiger partial charge is 0.262 e. The van der Waals surface area contributed by atoms with Gasteiger partial charge in [-0.15, -0.1) is 0 Å². The van der Waals surface area contributed by atoms with E-state index in [2.05, 4.69) is 20.9 Å². The number of fused-ring (bicyclic) bond motifs is 1. The molecule has 0 bridgehead atoms. The van der Waals surface area contributed by atoms with Crippen molar-refractivity contribution in [2.75, 3.05) is 13.7 Å². The van der Waals surface area contributed by atoms with Crippen LogP contribution in [-0.2, 0) is 17.9 Å². The van der Waals surface area contributed by atoms with Crippen molar-refractivity contribution in [1.29, 1.82) is 0 Å².